The SMILES string of the molecule is CC(C)C1C=CC=C(Br)C1. The molecule has 0 heterocycles. The Morgan fingerprint density at radius 2 is 2.30 bits per heavy atom. The first-order valence-corrected chi connectivity index (χ1v) is 4.52. The predicted octanol–water partition coefficient (Wildman–Crippen LogP) is 3.50. The first-order valence-electron chi connectivity index (χ1n) is 3.73. The summed E-state index contributed by atoms with van der Waals surface area (Å²) in [4.78, 5) is 0. The van der Waals surface area contributed by atoms with Crippen LogP contribution in [0.1, 0.15) is 20.3 Å². The van der Waals surface area contributed by atoms with E-state index in [0.717, 1.165) is 11.8 Å². The molecule has 0 aromatic carbocycles. The van der Waals surface area contributed by atoms with Gasteiger partial charge in [-0.1, -0.05) is 48.0 Å². The van der Waals surface area contributed by atoms with Crippen LogP contribution in [0.3, 0.4) is 0 Å². The number of hydrogen-bond acceptors (Lipinski definition) is 0. The fraction of sp³-hybridized carbons (Fsp3) is 0.556. The Labute approximate surface area is 71.1 Å². The third-order valence-corrected chi connectivity index (χ3v) is 2.51. The third-order valence-electron chi connectivity index (χ3n) is 1.92. The van der Waals surface area contributed by atoms with E-state index in [9.17, 15) is 0 Å². The first kappa shape index (κ1) is 8.06. The highest BCUT2D eigenvalue weighted by Crippen LogP contribution is 2.27. The molecule has 0 aromatic rings. The molecule has 1 rings (SSSR count). The van der Waals surface area contributed by atoms with Crippen molar-refractivity contribution in [1.82, 2.24) is 0 Å². The molecular formula is C9H13Br. The van der Waals surface area contributed by atoms with Crippen LogP contribution in [-0.2, 0) is 0 Å². The zero-order valence-electron chi connectivity index (χ0n) is 6.47. The average Bonchev–Trinajstić information content (AvgIpc) is 1.88. The maximum Gasteiger partial charge on any atom is -0.00435 e. The van der Waals surface area contributed by atoms with Crippen molar-refractivity contribution in [1.29, 1.82) is 0 Å². The molecule has 0 amide bonds. The van der Waals surface area contributed by atoms with Crippen LogP contribution in [0.5, 0.6) is 0 Å². The Kier molecular flexibility index (Phi) is 2.72. The minimum absolute atomic E-state index is 0.736. The van der Waals surface area contributed by atoms with Crippen LogP contribution in [0, 0.1) is 11.8 Å². The van der Waals surface area contributed by atoms with Crippen molar-refractivity contribution >= 4 is 15.9 Å². The molecule has 1 aliphatic carbocycles. The van der Waals surface area contributed by atoms with E-state index in [-0.39, 0.29) is 0 Å². The molecule has 0 saturated heterocycles. The molecule has 1 aliphatic rings. The van der Waals surface area contributed by atoms with Crippen molar-refractivity contribution in [2.75, 3.05) is 0 Å². The summed E-state index contributed by atoms with van der Waals surface area (Å²) in [6, 6.07) is 0. The summed E-state index contributed by atoms with van der Waals surface area (Å²) in [7, 11) is 0. The summed E-state index contributed by atoms with van der Waals surface area (Å²) in [5.41, 5.74) is 0. The lowest BCUT2D eigenvalue weighted by atomic mass is 9.90. The van der Waals surface area contributed by atoms with E-state index in [1.807, 2.05) is 0 Å². The maximum absolute atomic E-state index is 3.51. The number of allylic oxidation sites excluding steroid dienone is 4. The zero-order chi connectivity index (χ0) is 7.56. The van der Waals surface area contributed by atoms with Gasteiger partial charge >= 0.3 is 0 Å². The van der Waals surface area contributed by atoms with Gasteiger partial charge in [0, 0.05) is 0 Å². The lowest BCUT2D eigenvalue weighted by Gasteiger charge is -2.18. The van der Waals surface area contributed by atoms with E-state index in [1.165, 1.54) is 10.9 Å². The van der Waals surface area contributed by atoms with Crippen molar-refractivity contribution in [3.63, 3.8) is 0 Å². The van der Waals surface area contributed by atoms with Gasteiger partial charge in [0.15, 0.2) is 0 Å². The summed E-state index contributed by atoms with van der Waals surface area (Å²) >= 11 is 3.51. The van der Waals surface area contributed by atoms with Crippen molar-refractivity contribution < 1.29 is 0 Å². The highest BCUT2D eigenvalue weighted by Gasteiger charge is 2.12. The maximum atomic E-state index is 3.51. The standard InChI is InChI=1S/C9H13Br/c1-7(2)8-4-3-5-9(10)6-8/h3-5,7-8H,6H2,1-2H3. The van der Waals surface area contributed by atoms with Gasteiger partial charge in [-0.3, -0.25) is 0 Å². The normalized spacial score (nSPS) is 25.2. The molecule has 0 spiro atoms. The van der Waals surface area contributed by atoms with E-state index in [0.29, 0.717) is 0 Å². The molecule has 56 valence electrons. The molecule has 0 N–H and O–H groups in total. The molecule has 0 aliphatic heterocycles. The van der Waals surface area contributed by atoms with E-state index < -0.39 is 0 Å². The summed E-state index contributed by atoms with van der Waals surface area (Å²) in [6.07, 6.45) is 7.72. The van der Waals surface area contributed by atoms with Crippen molar-refractivity contribution in [3.8, 4) is 0 Å². The molecule has 1 heteroatoms. The molecule has 0 radical (unpaired) electrons. The second-order valence-electron chi connectivity index (χ2n) is 3.11. The minimum atomic E-state index is 0.736. The highest BCUT2D eigenvalue weighted by molar-refractivity contribution is 9.11. The Balaban J connectivity index is 2.55. The molecule has 0 fully saturated rings. The van der Waals surface area contributed by atoms with Gasteiger partial charge in [0.05, 0.1) is 0 Å². The summed E-state index contributed by atoms with van der Waals surface area (Å²) in [5.74, 6) is 1.50. The van der Waals surface area contributed by atoms with Crippen LogP contribution in [-0.4, -0.2) is 0 Å². The predicted molar refractivity (Wildman–Crippen MR) is 49.1 cm³/mol. The second-order valence-corrected chi connectivity index (χ2v) is 4.13. The van der Waals surface area contributed by atoms with E-state index in [2.05, 4.69) is 48.0 Å². The second kappa shape index (κ2) is 3.38. The largest absolute Gasteiger partial charge is 0.0808 e. The summed E-state index contributed by atoms with van der Waals surface area (Å²) in [6.45, 7) is 4.53. The van der Waals surface area contributed by atoms with Gasteiger partial charge in [-0.25, -0.2) is 0 Å². The monoisotopic (exact) mass is 200 g/mol. The molecular weight excluding hydrogens is 188 g/mol. The van der Waals surface area contributed by atoms with Gasteiger partial charge in [-0.15, -0.1) is 0 Å². The fourth-order valence-corrected chi connectivity index (χ4v) is 1.65. The Bertz CT molecular complexity index is 166. The lowest BCUT2D eigenvalue weighted by molar-refractivity contribution is 0.466. The first-order chi connectivity index (χ1) is 4.70. The van der Waals surface area contributed by atoms with Crippen LogP contribution in [0.25, 0.3) is 0 Å². The van der Waals surface area contributed by atoms with Crippen molar-refractivity contribution in [2.24, 2.45) is 11.8 Å². The van der Waals surface area contributed by atoms with Gasteiger partial charge in [0.1, 0.15) is 0 Å². The molecule has 0 bridgehead atoms. The zero-order valence-corrected chi connectivity index (χ0v) is 8.06. The fourth-order valence-electron chi connectivity index (χ4n) is 1.12. The topological polar surface area (TPSA) is 0 Å². The minimum Gasteiger partial charge on any atom is -0.0808 e. The summed E-state index contributed by atoms with van der Waals surface area (Å²) < 4.78 is 1.33. The van der Waals surface area contributed by atoms with Crippen LogP contribution >= 0.6 is 15.9 Å². The third kappa shape index (κ3) is 1.98. The Morgan fingerprint density at radius 3 is 2.70 bits per heavy atom. The van der Waals surface area contributed by atoms with Crippen LogP contribution < -0.4 is 0 Å². The van der Waals surface area contributed by atoms with Gasteiger partial charge in [-0.2, -0.15) is 0 Å². The van der Waals surface area contributed by atoms with Crippen LogP contribution in [0.15, 0.2) is 22.7 Å². The Hall–Kier alpha value is -0.0400. The van der Waals surface area contributed by atoms with Gasteiger partial charge in [0.2, 0.25) is 0 Å². The average molecular weight is 201 g/mol. The molecule has 1 unspecified atom stereocenters. The molecule has 10 heavy (non-hydrogen) atoms. The van der Waals surface area contributed by atoms with Crippen LogP contribution in [0.2, 0.25) is 0 Å². The van der Waals surface area contributed by atoms with E-state index in [4.69, 9.17) is 0 Å². The number of halogens is 1. The molecule has 1 atom stereocenters. The Morgan fingerprint density at radius 1 is 1.60 bits per heavy atom. The van der Waals surface area contributed by atoms with Crippen molar-refractivity contribution in [2.45, 2.75) is 20.3 Å². The molecule has 0 aromatic heterocycles. The molecule has 0 saturated carbocycles. The quantitative estimate of drug-likeness (QED) is 0.609. The van der Waals surface area contributed by atoms with Gasteiger partial charge in [-0.05, 0) is 22.7 Å². The van der Waals surface area contributed by atoms with Crippen molar-refractivity contribution in [3.05, 3.63) is 22.7 Å². The van der Waals surface area contributed by atoms with E-state index >= 15 is 0 Å². The molecule has 0 nitrogen and oxygen atoms in total. The number of hydrogen-bond donors (Lipinski definition) is 0. The van der Waals surface area contributed by atoms with Gasteiger partial charge < -0.3 is 0 Å². The smallest absolute Gasteiger partial charge is 0.00435 e. The van der Waals surface area contributed by atoms with Gasteiger partial charge in [0.25, 0.3) is 0 Å². The lowest BCUT2D eigenvalue weighted by Crippen LogP contribution is -2.06. The highest BCUT2D eigenvalue weighted by atomic mass is 79.9. The number of rotatable bonds is 1. The van der Waals surface area contributed by atoms with E-state index in [1.54, 1.807) is 0 Å². The van der Waals surface area contributed by atoms with Crippen LogP contribution in [0.4, 0.5) is 0 Å². The summed E-state index contributed by atoms with van der Waals surface area (Å²) in [5, 5.41) is 0.